The number of carbonyl (C=O) groups is 1. The van der Waals surface area contributed by atoms with Gasteiger partial charge < -0.3 is 10.6 Å². The van der Waals surface area contributed by atoms with E-state index in [-0.39, 0.29) is 16.5 Å². The molecule has 2 fully saturated rings. The van der Waals surface area contributed by atoms with E-state index >= 15 is 0 Å². The number of nitro benzene ring substituents is 1. The summed E-state index contributed by atoms with van der Waals surface area (Å²) in [5, 5.41) is 17.5. The number of hydrogen-bond donors (Lipinski definition) is 2. The second-order valence-electron chi connectivity index (χ2n) is 6.77. The van der Waals surface area contributed by atoms with Crippen LogP contribution in [-0.4, -0.2) is 22.9 Å². The number of fused-ring (bicyclic) bond motifs is 2. The van der Waals surface area contributed by atoms with Crippen molar-refractivity contribution in [1.82, 2.24) is 10.6 Å². The van der Waals surface area contributed by atoms with Gasteiger partial charge in [0.15, 0.2) is 0 Å². The van der Waals surface area contributed by atoms with E-state index in [4.69, 9.17) is 0 Å². The van der Waals surface area contributed by atoms with Crippen molar-refractivity contribution < 1.29 is 9.72 Å². The van der Waals surface area contributed by atoms with Gasteiger partial charge in [0.05, 0.1) is 4.92 Å². The van der Waals surface area contributed by atoms with E-state index in [0.29, 0.717) is 36.5 Å². The lowest BCUT2D eigenvalue weighted by molar-refractivity contribution is -0.385. The first-order valence-electron chi connectivity index (χ1n) is 8.28. The Bertz CT molecular complexity index is 605. The van der Waals surface area contributed by atoms with Crippen LogP contribution in [0.5, 0.6) is 0 Å². The van der Waals surface area contributed by atoms with Crippen molar-refractivity contribution in [3.63, 3.8) is 0 Å². The normalized spacial score (nSPS) is 26.0. The van der Waals surface area contributed by atoms with Crippen LogP contribution in [0.1, 0.15) is 43.2 Å². The minimum atomic E-state index is -0.383. The lowest BCUT2D eigenvalue weighted by Crippen LogP contribution is -2.39. The predicted molar refractivity (Wildman–Crippen MR) is 87.0 cm³/mol. The first kappa shape index (κ1) is 15.9. The maximum Gasteiger partial charge on any atom is 0.272 e. The monoisotopic (exact) mass is 317 g/mol. The van der Waals surface area contributed by atoms with Gasteiger partial charge in [0.2, 0.25) is 5.91 Å². The molecule has 2 bridgehead atoms. The Kier molecular flexibility index (Phi) is 4.61. The van der Waals surface area contributed by atoms with Crippen LogP contribution in [0.15, 0.2) is 18.2 Å². The van der Waals surface area contributed by atoms with E-state index < -0.39 is 0 Å². The largest absolute Gasteiger partial charge is 0.352 e. The molecule has 0 saturated carbocycles. The standard InChI is InChI=1S/C17H23N3O3/c1-11-13(3-2-4-16(11)20(22)23)10-18-17(21)9-12-7-14-5-6-15(8-12)19-14/h2-4,12,14-15,19H,5-10H2,1H3,(H,18,21). The molecule has 1 aromatic carbocycles. The Morgan fingerprint density at radius 1 is 1.35 bits per heavy atom. The number of nitrogens with one attached hydrogen (secondary N) is 2. The van der Waals surface area contributed by atoms with Gasteiger partial charge in [-0.1, -0.05) is 12.1 Å². The number of benzene rings is 1. The smallest absolute Gasteiger partial charge is 0.272 e. The van der Waals surface area contributed by atoms with Gasteiger partial charge in [-0.3, -0.25) is 14.9 Å². The highest BCUT2D eigenvalue weighted by molar-refractivity contribution is 5.76. The van der Waals surface area contributed by atoms with E-state index in [1.54, 1.807) is 13.0 Å². The van der Waals surface area contributed by atoms with Gasteiger partial charge in [0.25, 0.3) is 5.69 Å². The van der Waals surface area contributed by atoms with E-state index in [1.165, 1.54) is 18.9 Å². The average Bonchev–Trinajstić information content (AvgIpc) is 2.84. The molecule has 2 unspecified atom stereocenters. The van der Waals surface area contributed by atoms with Crippen molar-refractivity contribution in [3.05, 3.63) is 39.4 Å². The molecule has 6 nitrogen and oxygen atoms in total. The summed E-state index contributed by atoms with van der Waals surface area (Å²) in [6.07, 6.45) is 5.19. The molecule has 0 aromatic heterocycles. The molecule has 6 heteroatoms. The maximum atomic E-state index is 12.2. The fraction of sp³-hybridized carbons (Fsp3) is 0.588. The summed E-state index contributed by atoms with van der Waals surface area (Å²) in [7, 11) is 0. The fourth-order valence-corrected chi connectivity index (χ4v) is 3.93. The SMILES string of the molecule is Cc1c(CNC(=O)CC2CC3CCC(C2)N3)cccc1[N+](=O)[O-]. The Morgan fingerprint density at radius 2 is 2.04 bits per heavy atom. The van der Waals surface area contributed by atoms with Crippen LogP contribution in [0.2, 0.25) is 0 Å². The highest BCUT2D eigenvalue weighted by Gasteiger charge is 2.34. The average molecular weight is 317 g/mol. The molecule has 0 aliphatic carbocycles. The molecule has 2 atom stereocenters. The van der Waals surface area contributed by atoms with E-state index in [1.807, 2.05) is 6.07 Å². The third kappa shape index (κ3) is 3.69. The second-order valence-corrected chi connectivity index (χ2v) is 6.77. The van der Waals surface area contributed by atoms with Gasteiger partial charge in [0, 0.05) is 36.7 Å². The molecular weight excluding hydrogens is 294 g/mol. The molecule has 2 N–H and O–H groups in total. The van der Waals surface area contributed by atoms with E-state index in [9.17, 15) is 14.9 Å². The third-order valence-electron chi connectivity index (χ3n) is 5.13. The van der Waals surface area contributed by atoms with Gasteiger partial charge >= 0.3 is 0 Å². The Balaban J connectivity index is 1.53. The van der Waals surface area contributed by atoms with Crippen LogP contribution >= 0.6 is 0 Å². The van der Waals surface area contributed by atoms with Crippen LogP contribution in [0.3, 0.4) is 0 Å². The number of nitro groups is 1. The van der Waals surface area contributed by atoms with Gasteiger partial charge in [-0.05, 0) is 44.1 Å². The van der Waals surface area contributed by atoms with Crippen molar-refractivity contribution in [2.75, 3.05) is 0 Å². The molecule has 0 spiro atoms. The van der Waals surface area contributed by atoms with Gasteiger partial charge in [-0.25, -0.2) is 0 Å². The third-order valence-corrected chi connectivity index (χ3v) is 5.13. The number of piperidine rings is 1. The zero-order chi connectivity index (χ0) is 16.4. The molecule has 124 valence electrons. The van der Waals surface area contributed by atoms with Gasteiger partial charge in [-0.15, -0.1) is 0 Å². The summed E-state index contributed by atoms with van der Waals surface area (Å²) >= 11 is 0. The van der Waals surface area contributed by atoms with Gasteiger partial charge in [-0.2, -0.15) is 0 Å². The van der Waals surface area contributed by atoms with Gasteiger partial charge in [0.1, 0.15) is 0 Å². The molecule has 3 rings (SSSR count). The van der Waals surface area contributed by atoms with E-state index in [0.717, 1.165) is 18.4 Å². The fourth-order valence-electron chi connectivity index (χ4n) is 3.93. The van der Waals surface area contributed by atoms with Crippen LogP contribution in [-0.2, 0) is 11.3 Å². The zero-order valence-electron chi connectivity index (χ0n) is 13.4. The van der Waals surface area contributed by atoms with Crippen LogP contribution in [0.25, 0.3) is 0 Å². The summed E-state index contributed by atoms with van der Waals surface area (Å²) < 4.78 is 0. The van der Waals surface area contributed by atoms with Crippen molar-refractivity contribution in [3.8, 4) is 0 Å². The molecule has 23 heavy (non-hydrogen) atoms. The van der Waals surface area contributed by atoms with Crippen molar-refractivity contribution >= 4 is 11.6 Å². The van der Waals surface area contributed by atoms with Crippen LogP contribution in [0.4, 0.5) is 5.69 Å². The minimum absolute atomic E-state index is 0.0437. The first-order chi connectivity index (χ1) is 11.0. The van der Waals surface area contributed by atoms with Crippen molar-refractivity contribution in [2.45, 2.75) is 57.7 Å². The van der Waals surface area contributed by atoms with Crippen molar-refractivity contribution in [2.24, 2.45) is 5.92 Å². The lowest BCUT2D eigenvalue weighted by Gasteiger charge is -2.28. The number of nitrogens with zero attached hydrogens (tertiary/aromatic N) is 1. The molecule has 2 saturated heterocycles. The Hall–Kier alpha value is -1.95. The number of amides is 1. The Labute approximate surface area is 135 Å². The summed E-state index contributed by atoms with van der Waals surface area (Å²) in [5.41, 5.74) is 1.53. The highest BCUT2D eigenvalue weighted by Crippen LogP contribution is 2.32. The molecule has 2 aliphatic heterocycles. The Morgan fingerprint density at radius 3 is 2.70 bits per heavy atom. The molecule has 0 radical (unpaired) electrons. The van der Waals surface area contributed by atoms with Crippen LogP contribution < -0.4 is 10.6 Å². The highest BCUT2D eigenvalue weighted by atomic mass is 16.6. The minimum Gasteiger partial charge on any atom is -0.352 e. The topological polar surface area (TPSA) is 84.3 Å². The quantitative estimate of drug-likeness (QED) is 0.645. The number of rotatable bonds is 5. The molecule has 2 heterocycles. The molecular formula is C17H23N3O3. The van der Waals surface area contributed by atoms with E-state index in [2.05, 4.69) is 10.6 Å². The first-order valence-corrected chi connectivity index (χ1v) is 8.28. The summed E-state index contributed by atoms with van der Waals surface area (Å²) in [6, 6.07) is 6.16. The molecule has 2 aliphatic rings. The number of carbonyl (C=O) groups excluding carboxylic acids is 1. The molecule has 1 amide bonds. The summed E-state index contributed by atoms with van der Waals surface area (Å²) in [5.74, 6) is 0.502. The van der Waals surface area contributed by atoms with Crippen LogP contribution in [0, 0.1) is 23.0 Å². The summed E-state index contributed by atoms with van der Waals surface area (Å²) in [4.78, 5) is 22.8. The molecule has 1 aromatic rings. The van der Waals surface area contributed by atoms with Crippen molar-refractivity contribution in [1.29, 1.82) is 0 Å². The lowest BCUT2D eigenvalue weighted by atomic mass is 9.89. The number of hydrogen-bond acceptors (Lipinski definition) is 4. The predicted octanol–water partition coefficient (Wildman–Crippen LogP) is 2.44. The summed E-state index contributed by atoms with van der Waals surface area (Å²) in [6.45, 7) is 2.08. The maximum absolute atomic E-state index is 12.2. The second kappa shape index (κ2) is 6.66. The zero-order valence-corrected chi connectivity index (χ0v) is 13.4.